The van der Waals surface area contributed by atoms with Gasteiger partial charge in [0, 0.05) is 35.2 Å². The van der Waals surface area contributed by atoms with Crippen LogP contribution in [0.3, 0.4) is 0 Å². The van der Waals surface area contributed by atoms with E-state index in [1.807, 2.05) is 49.5 Å². The van der Waals surface area contributed by atoms with Gasteiger partial charge in [0.2, 0.25) is 0 Å². The third-order valence-electron chi connectivity index (χ3n) is 3.36. The second kappa shape index (κ2) is 9.33. The molecular weight excluding hydrogens is 308 g/mol. The first-order valence-electron chi connectivity index (χ1n) is 7.77. The molecule has 1 amide bonds. The summed E-state index contributed by atoms with van der Waals surface area (Å²) in [5.41, 5.74) is 1.78. The normalized spacial score (nSPS) is 11.9. The molecule has 23 heavy (non-hydrogen) atoms. The molecule has 1 atom stereocenters. The molecule has 0 aliphatic heterocycles. The molecule has 1 aromatic carbocycles. The number of carbonyl (C=O) groups excluding carboxylic acids is 1. The maximum Gasteiger partial charge on any atom is 0.251 e. The third-order valence-corrected chi connectivity index (χ3v) is 4.45. The maximum absolute atomic E-state index is 12.0. The Bertz CT molecular complexity index is 602. The van der Waals surface area contributed by atoms with Gasteiger partial charge in [-0.2, -0.15) is 0 Å². The van der Waals surface area contributed by atoms with Crippen molar-refractivity contribution in [1.82, 2.24) is 10.3 Å². The summed E-state index contributed by atoms with van der Waals surface area (Å²) in [5, 5.41) is 12.4. The first-order chi connectivity index (χ1) is 11.2. The van der Waals surface area contributed by atoms with E-state index in [0.29, 0.717) is 18.5 Å². The summed E-state index contributed by atoms with van der Waals surface area (Å²) < 4.78 is 0. The van der Waals surface area contributed by atoms with Crippen LogP contribution in [0.2, 0.25) is 0 Å². The molecule has 4 nitrogen and oxygen atoms in total. The molecule has 2 aromatic rings. The number of amides is 1. The summed E-state index contributed by atoms with van der Waals surface area (Å²) in [5.74, 6) is 0.701. The minimum atomic E-state index is -0.474. The number of nitrogens with one attached hydrogen (secondary N) is 1. The van der Waals surface area contributed by atoms with E-state index < -0.39 is 6.10 Å². The van der Waals surface area contributed by atoms with Crippen molar-refractivity contribution in [3.63, 3.8) is 0 Å². The van der Waals surface area contributed by atoms with Crippen molar-refractivity contribution < 1.29 is 9.90 Å². The Kier molecular flexibility index (Phi) is 7.10. The highest BCUT2D eigenvalue weighted by Gasteiger charge is 2.08. The fraction of sp³-hybridized carbons (Fsp3) is 0.333. The van der Waals surface area contributed by atoms with Crippen LogP contribution in [0.5, 0.6) is 0 Å². The Morgan fingerprint density at radius 2 is 2.09 bits per heavy atom. The summed E-state index contributed by atoms with van der Waals surface area (Å²) in [6.07, 6.45) is 4.75. The van der Waals surface area contributed by atoms with Crippen LogP contribution in [-0.2, 0) is 5.75 Å². The number of pyridine rings is 1. The van der Waals surface area contributed by atoms with Gasteiger partial charge in [-0.15, -0.1) is 11.8 Å². The number of aliphatic hydroxyl groups is 1. The van der Waals surface area contributed by atoms with Gasteiger partial charge >= 0.3 is 0 Å². The highest BCUT2D eigenvalue weighted by molar-refractivity contribution is 7.98. The molecule has 0 saturated carbocycles. The minimum absolute atomic E-state index is 0.149. The molecule has 122 valence electrons. The number of carbonyl (C=O) groups is 1. The fourth-order valence-electron chi connectivity index (χ4n) is 2.10. The van der Waals surface area contributed by atoms with Crippen LogP contribution in [0, 0.1) is 0 Å². The van der Waals surface area contributed by atoms with E-state index in [2.05, 4.69) is 10.3 Å². The maximum atomic E-state index is 12.0. The zero-order valence-corrected chi connectivity index (χ0v) is 14.1. The van der Waals surface area contributed by atoms with Crippen molar-refractivity contribution in [3.8, 4) is 0 Å². The summed E-state index contributed by atoms with van der Waals surface area (Å²) >= 11 is 1.71. The average Bonchev–Trinajstić information content (AvgIpc) is 2.59. The second-order valence-corrected chi connectivity index (χ2v) is 6.38. The van der Waals surface area contributed by atoms with Gasteiger partial charge in [0.1, 0.15) is 0 Å². The van der Waals surface area contributed by atoms with E-state index in [4.69, 9.17) is 0 Å². The van der Waals surface area contributed by atoms with Crippen LogP contribution >= 0.6 is 11.8 Å². The van der Waals surface area contributed by atoms with Crippen molar-refractivity contribution in [2.45, 2.75) is 36.5 Å². The lowest BCUT2D eigenvalue weighted by Crippen LogP contribution is -2.31. The number of rotatable bonds is 8. The van der Waals surface area contributed by atoms with Crippen LogP contribution in [0.25, 0.3) is 0 Å². The number of nitrogens with zero attached hydrogens (tertiary/aromatic N) is 1. The first kappa shape index (κ1) is 17.5. The van der Waals surface area contributed by atoms with Gasteiger partial charge in [0.05, 0.1) is 6.10 Å². The molecule has 1 aromatic heterocycles. The van der Waals surface area contributed by atoms with E-state index >= 15 is 0 Å². The van der Waals surface area contributed by atoms with Crippen LogP contribution in [-0.4, -0.2) is 28.6 Å². The molecular formula is C18H22N2O2S. The number of aliphatic hydroxyl groups excluding tert-OH is 1. The highest BCUT2D eigenvalue weighted by Crippen LogP contribution is 2.22. The Labute approximate surface area is 141 Å². The second-order valence-electron chi connectivity index (χ2n) is 5.33. The third kappa shape index (κ3) is 6.04. The lowest BCUT2D eigenvalue weighted by molar-refractivity contribution is 0.0910. The van der Waals surface area contributed by atoms with E-state index in [-0.39, 0.29) is 5.91 Å². The van der Waals surface area contributed by atoms with Crippen molar-refractivity contribution in [2.75, 3.05) is 6.54 Å². The quantitative estimate of drug-likeness (QED) is 0.729. The highest BCUT2D eigenvalue weighted by atomic mass is 32.2. The Balaban J connectivity index is 1.82. The van der Waals surface area contributed by atoms with Gasteiger partial charge in [-0.1, -0.05) is 19.4 Å². The number of hydrogen-bond donors (Lipinski definition) is 2. The van der Waals surface area contributed by atoms with E-state index in [1.165, 1.54) is 5.56 Å². The molecule has 1 heterocycles. The number of aromatic nitrogens is 1. The summed E-state index contributed by atoms with van der Waals surface area (Å²) in [6.45, 7) is 2.30. The molecule has 2 rings (SSSR count). The monoisotopic (exact) mass is 330 g/mol. The minimum Gasteiger partial charge on any atom is -0.391 e. The lowest BCUT2D eigenvalue weighted by atomic mass is 10.2. The molecule has 0 aliphatic rings. The topological polar surface area (TPSA) is 62.2 Å². The van der Waals surface area contributed by atoms with Gasteiger partial charge in [-0.3, -0.25) is 9.78 Å². The number of hydrogen-bond acceptors (Lipinski definition) is 4. The van der Waals surface area contributed by atoms with Crippen molar-refractivity contribution in [3.05, 3.63) is 59.9 Å². The number of benzene rings is 1. The molecule has 0 spiro atoms. The first-order valence-corrected chi connectivity index (χ1v) is 8.75. The Morgan fingerprint density at radius 1 is 1.30 bits per heavy atom. The van der Waals surface area contributed by atoms with Gasteiger partial charge in [-0.25, -0.2) is 0 Å². The van der Waals surface area contributed by atoms with Crippen molar-refractivity contribution in [2.24, 2.45) is 0 Å². The molecule has 5 heteroatoms. The van der Waals surface area contributed by atoms with Crippen LogP contribution in [0.4, 0.5) is 0 Å². The standard InChI is InChI=1S/C18H22N2O2S/c1-2-4-16(21)12-20-18(22)15-6-8-17(9-7-15)23-13-14-5-3-10-19-11-14/h3,5-11,16,21H,2,4,12-13H2,1H3,(H,20,22). The summed E-state index contributed by atoms with van der Waals surface area (Å²) in [4.78, 5) is 17.2. The van der Waals surface area contributed by atoms with Crippen LogP contribution in [0.1, 0.15) is 35.7 Å². The van der Waals surface area contributed by atoms with Crippen molar-refractivity contribution >= 4 is 17.7 Å². The van der Waals surface area contributed by atoms with Gasteiger partial charge in [0.25, 0.3) is 5.91 Å². The zero-order chi connectivity index (χ0) is 16.5. The fourth-order valence-corrected chi connectivity index (χ4v) is 2.93. The smallest absolute Gasteiger partial charge is 0.251 e. The van der Waals surface area contributed by atoms with Crippen LogP contribution in [0.15, 0.2) is 53.7 Å². The van der Waals surface area contributed by atoms with Gasteiger partial charge < -0.3 is 10.4 Å². The van der Waals surface area contributed by atoms with Gasteiger partial charge in [-0.05, 0) is 42.3 Å². The van der Waals surface area contributed by atoms with Crippen LogP contribution < -0.4 is 5.32 Å². The van der Waals surface area contributed by atoms with E-state index in [9.17, 15) is 9.90 Å². The number of thioether (sulfide) groups is 1. The zero-order valence-electron chi connectivity index (χ0n) is 13.2. The largest absolute Gasteiger partial charge is 0.391 e. The molecule has 0 saturated heterocycles. The van der Waals surface area contributed by atoms with E-state index in [0.717, 1.165) is 17.1 Å². The van der Waals surface area contributed by atoms with Gasteiger partial charge in [0.15, 0.2) is 0 Å². The van der Waals surface area contributed by atoms with Crippen molar-refractivity contribution in [1.29, 1.82) is 0 Å². The summed E-state index contributed by atoms with van der Waals surface area (Å²) in [7, 11) is 0. The predicted octanol–water partition coefficient (Wildman–Crippen LogP) is 3.26. The predicted molar refractivity (Wildman–Crippen MR) is 93.5 cm³/mol. The molecule has 0 fully saturated rings. The SMILES string of the molecule is CCCC(O)CNC(=O)c1ccc(SCc2cccnc2)cc1. The molecule has 0 aliphatic carbocycles. The molecule has 2 N–H and O–H groups in total. The Morgan fingerprint density at radius 3 is 2.74 bits per heavy atom. The molecule has 1 unspecified atom stereocenters. The molecule has 0 radical (unpaired) electrons. The van der Waals surface area contributed by atoms with E-state index in [1.54, 1.807) is 18.0 Å². The summed E-state index contributed by atoms with van der Waals surface area (Å²) in [6, 6.07) is 11.5. The average molecular weight is 330 g/mol. The Hall–Kier alpha value is -1.85. The molecule has 0 bridgehead atoms. The lowest BCUT2D eigenvalue weighted by Gasteiger charge is -2.11.